The molecule has 18 N–H and O–H groups in total. The third kappa shape index (κ3) is 23.4. The Kier molecular flexibility index (Phi) is 28.1. The van der Waals surface area contributed by atoms with Gasteiger partial charge in [-0.15, -0.1) is 0 Å². The van der Waals surface area contributed by atoms with Gasteiger partial charge in [-0.25, -0.2) is 0 Å². The molecule has 0 aromatic carbocycles. The maximum atomic E-state index is 13.6. The molecule has 0 aliphatic rings. The molecule has 0 aromatic heterocycles. The number of carbonyl (C=O) groups is 13. The maximum Gasteiger partial charge on any atom is 0.325 e. The summed E-state index contributed by atoms with van der Waals surface area (Å²) in [6.45, 7) is 10.9. The Balaban J connectivity index is 6.30. The van der Waals surface area contributed by atoms with Crippen LogP contribution in [0.1, 0.15) is 100 Å². The van der Waals surface area contributed by atoms with Gasteiger partial charge in [-0.05, 0) is 44.4 Å². The summed E-state index contributed by atoms with van der Waals surface area (Å²) in [6, 6.07) is -12.4. The van der Waals surface area contributed by atoms with Gasteiger partial charge >= 0.3 is 11.9 Å². The number of hydrogen-bond donors (Lipinski definition) is 15. The number of carbonyl (C=O) groups excluding carboxylic acids is 11. The summed E-state index contributed by atoms with van der Waals surface area (Å²) in [5.41, 5.74) is 16.0. The Labute approximate surface area is 404 Å². The molecule has 0 spiro atoms. The quantitative estimate of drug-likeness (QED) is 0.0291. The van der Waals surface area contributed by atoms with Crippen molar-refractivity contribution in [1.82, 2.24) is 47.9 Å². The van der Waals surface area contributed by atoms with Crippen LogP contribution in [0.5, 0.6) is 0 Å². The van der Waals surface area contributed by atoms with Crippen molar-refractivity contribution in [2.75, 3.05) is 13.1 Å². The first-order valence-corrected chi connectivity index (χ1v) is 22.6. The number of aliphatic carboxylic acids is 2. The van der Waals surface area contributed by atoms with Crippen molar-refractivity contribution >= 4 is 76.9 Å². The first kappa shape index (κ1) is 63.0. The van der Waals surface area contributed by atoms with Crippen molar-refractivity contribution in [3.05, 3.63) is 0 Å². The lowest BCUT2D eigenvalue weighted by atomic mass is 9.97. The molecule has 28 nitrogen and oxygen atoms in total. The van der Waals surface area contributed by atoms with Crippen LogP contribution in [0.25, 0.3) is 0 Å². The van der Waals surface area contributed by atoms with E-state index in [0.29, 0.717) is 12.8 Å². The molecule has 0 radical (unpaired) electrons. The molecule has 0 heterocycles. The van der Waals surface area contributed by atoms with Crippen molar-refractivity contribution in [1.29, 1.82) is 0 Å². The van der Waals surface area contributed by atoms with Gasteiger partial charge in [-0.3, -0.25) is 62.3 Å². The van der Waals surface area contributed by atoms with Crippen molar-refractivity contribution in [3.8, 4) is 0 Å². The molecule has 0 saturated carbocycles. The van der Waals surface area contributed by atoms with E-state index in [1.807, 2.05) is 0 Å². The molecular weight excluding hydrogens is 929 g/mol. The molecule has 11 atom stereocenters. The van der Waals surface area contributed by atoms with Gasteiger partial charge in [0, 0.05) is 6.42 Å². The lowest BCUT2D eigenvalue weighted by Crippen LogP contribution is -2.62. The minimum absolute atomic E-state index is 0.0867. The fraction of sp³-hybridized carbons (Fsp3) is 0.690. The molecule has 396 valence electrons. The van der Waals surface area contributed by atoms with Crippen LogP contribution < -0.4 is 65.1 Å². The molecule has 70 heavy (non-hydrogen) atoms. The number of nitrogens with two attached hydrogens (primary N) is 3. The average molecular weight is 1000 g/mol. The van der Waals surface area contributed by atoms with Gasteiger partial charge in [0.05, 0.1) is 32.0 Å². The Bertz CT molecular complexity index is 1900. The van der Waals surface area contributed by atoms with E-state index in [4.69, 9.17) is 17.2 Å². The van der Waals surface area contributed by atoms with E-state index in [2.05, 4.69) is 47.9 Å². The molecule has 0 bridgehead atoms. The van der Waals surface area contributed by atoms with Crippen LogP contribution in [0.15, 0.2) is 0 Å². The van der Waals surface area contributed by atoms with E-state index in [-0.39, 0.29) is 12.3 Å². The molecule has 0 aliphatic heterocycles. The number of aliphatic hydroxyl groups excluding tert-OH is 1. The van der Waals surface area contributed by atoms with E-state index in [9.17, 15) is 77.6 Å². The van der Waals surface area contributed by atoms with E-state index in [1.165, 1.54) is 6.92 Å². The summed E-state index contributed by atoms with van der Waals surface area (Å²) in [6.07, 6.45) is -3.95. The van der Waals surface area contributed by atoms with Gasteiger partial charge in [0.15, 0.2) is 0 Å². The third-order valence-corrected chi connectivity index (χ3v) is 10.7. The zero-order chi connectivity index (χ0) is 54.2. The predicted molar refractivity (Wildman–Crippen MR) is 245 cm³/mol. The second-order valence-corrected chi connectivity index (χ2v) is 17.2. The zero-order valence-electron chi connectivity index (χ0n) is 40.7. The largest absolute Gasteiger partial charge is 0.481 e. The molecule has 0 aromatic rings. The average Bonchev–Trinajstić information content (AvgIpc) is 3.26. The Hall–Kier alpha value is -6.97. The summed E-state index contributed by atoms with van der Waals surface area (Å²) < 4.78 is 0. The fourth-order valence-electron chi connectivity index (χ4n) is 6.31. The van der Waals surface area contributed by atoms with E-state index >= 15 is 0 Å². The SMILES string of the molecule is CC[C@H](C)[C@H](NC(=O)CN)C(=O)N[C@@H](CC(N)=O)C(=O)N[C@H](C(=O)N[C@@H](CC(C)C)C(=O)NCC(=O)N[C@@H](CCC(=O)O)C(=O)N[C@@H](CC(N)=O)C(=O)N[C@H](C(=O)N[C@@H](C)C(=O)O)[C@@H](C)CC)[C@@H](C)O. The number of carboxylic acids is 2. The van der Waals surface area contributed by atoms with Crippen LogP contribution in [0, 0.1) is 17.8 Å². The molecule has 11 amide bonds. The monoisotopic (exact) mass is 1000 g/mol. The van der Waals surface area contributed by atoms with Crippen LogP contribution in [-0.4, -0.2) is 160 Å². The highest BCUT2D eigenvalue weighted by atomic mass is 16.4. The molecular formula is C42H72N12O16. The molecule has 0 unspecified atom stereocenters. The van der Waals surface area contributed by atoms with Crippen LogP contribution in [0.3, 0.4) is 0 Å². The maximum absolute atomic E-state index is 13.6. The van der Waals surface area contributed by atoms with Crippen molar-refractivity contribution in [3.63, 3.8) is 0 Å². The minimum Gasteiger partial charge on any atom is -0.481 e. The van der Waals surface area contributed by atoms with E-state index < -0.39 is 182 Å². The minimum atomic E-state index is -1.82. The zero-order valence-corrected chi connectivity index (χ0v) is 40.7. The summed E-state index contributed by atoms with van der Waals surface area (Å²) >= 11 is 0. The lowest BCUT2D eigenvalue weighted by Gasteiger charge is -2.28. The molecule has 0 rings (SSSR count). The Morgan fingerprint density at radius 2 is 0.929 bits per heavy atom. The molecule has 28 heteroatoms. The van der Waals surface area contributed by atoms with E-state index in [0.717, 1.165) is 6.92 Å². The lowest BCUT2D eigenvalue weighted by molar-refractivity contribution is -0.142. The van der Waals surface area contributed by atoms with Gasteiger partial charge in [-0.1, -0.05) is 54.4 Å². The van der Waals surface area contributed by atoms with Crippen LogP contribution in [0.4, 0.5) is 0 Å². The van der Waals surface area contributed by atoms with Gasteiger partial charge in [0.1, 0.15) is 48.3 Å². The first-order valence-electron chi connectivity index (χ1n) is 22.6. The van der Waals surface area contributed by atoms with Crippen LogP contribution in [-0.2, 0) is 62.3 Å². The van der Waals surface area contributed by atoms with Crippen molar-refractivity contribution in [2.45, 2.75) is 155 Å². The normalized spacial score (nSPS) is 15.7. The number of primary amides is 2. The van der Waals surface area contributed by atoms with Gasteiger partial charge < -0.3 is 80.4 Å². The van der Waals surface area contributed by atoms with Gasteiger partial charge in [0.25, 0.3) is 0 Å². The van der Waals surface area contributed by atoms with E-state index in [1.54, 1.807) is 41.5 Å². The topological polar surface area (TPSA) is 469 Å². The van der Waals surface area contributed by atoms with Crippen molar-refractivity contribution < 1.29 is 77.6 Å². The fourth-order valence-corrected chi connectivity index (χ4v) is 6.31. The van der Waals surface area contributed by atoms with Crippen molar-refractivity contribution in [2.24, 2.45) is 35.0 Å². The van der Waals surface area contributed by atoms with Gasteiger partial charge in [-0.2, -0.15) is 0 Å². The summed E-state index contributed by atoms with van der Waals surface area (Å²) in [5, 5.41) is 49.8. The number of nitrogens with one attached hydrogen (secondary N) is 9. The second kappa shape index (κ2) is 31.2. The Morgan fingerprint density at radius 1 is 0.500 bits per heavy atom. The molecule has 0 fully saturated rings. The smallest absolute Gasteiger partial charge is 0.325 e. The molecule has 0 saturated heterocycles. The highest BCUT2D eigenvalue weighted by Crippen LogP contribution is 2.12. The van der Waals surface area contributed by atoms with Crippen LogP contribution in [0.2, 0.25) is 0 Å². The number of rotatable bonds is 33. The number of carboxylic acid groups (broad SMARTS) is 2. The summed E-state index contributed by atoms with van der Waals surface area (Å²) in [7, 11) is 0. The van der Waals surface area contributed by atoms with Gasteiger partial charge in [0.2, 0.25) is 65.0 Å². The highest BCUT2D eigenvalue weighted by molar-refractivity contribution is 5.99. The standard InChI is InChI=1S/C42H72N12O16/c1-9-19(5)32(52-29(58)16-43)40(67)51-26(15-28(45)57)38(65)54-34(22(8)55)41(68)50-24(13-18(3)4)35(62)46-17-30(59)48-23(11-12-31(60)61)36(63)49-25(14-27(44)56)37(64)53-33(20(6)10-2)39(66)47-21(7)42(69)70/h18-26,32-34,55H,9-17,43H2,1-8H3,(H2,44,56)(H2,45,57)(H,46,62)(H,47,66)(H,48,59)(H,49,63)(H,50,68)(H,51,67)(H,52,58)(H,53,64)(H,54,65)(H,60,61)(H,69,70)/t19-,20-,21-,22+,23-,24-,25-,26-,32-,33-,34-/m0/s1. The predicted octanol–water partition coefficient (Wildman–Crippen LogP) is -5.82. The summed E-state index contributed by atoms with van der Waals surface area (Å²) in [4.78, 5) is 166. The van der Waals surface area contributed by atoms with Crippen LogP contribution >= 0.6 is 0 Å². The second-order valence-electron chi connectivity index (χ2n) is 17.2. The first-order chi connectivity index (χ1) is 32.5. The third-order valence-electron chi connectivity index (χ3n) is 10.7. The number of hydrogen-bond acceptors (Lipinski definition) is 15. The highest BCUT2D eigenvalue weighted by Gasteiger charge is 2.37. The number of amides is 11. The Morgan fingerprint density at radius 3 is 1.36 bits per heavy atom. The number of aliphatic hydroxyl groups is 1. The summed E-state index contributed by atoms with van der Waals surface area (Å²) in [5.74, 6) is -15.4. The molecule has 0 aliphatic carbocycles.